The van der Waals surface area contributed by atoms with Gasteiger partial charge in [-0.2, -0.15) is 10.5 Å². The van der Waals surface area contributed by atoms with Crippen LogP contribution in [0.3, 0.4) is 0 Å². The number of nitrogens with zero attached hydrogens (tertiary/aromatic N) is 3. The van der Waals surface area contributed by atoms with Crippen molar-refractivity contribution in [1.29, 1.82) is 10.5 Å². The fourth-order valence-electron chi connectivity index (χ4n) is 1.88. The maximum absolute atomic E-state index is 9.39. The molecule has 0 fully saturated rings. The molecular weight excluding hydrogens is 292 g/mol. The van der Waals surface area contributed by atoms with E-state index in [0.717, 1.165) is 0 Å². The van der Waals surface area contributed by atoms with E-state index in [1.807, 2.05) is 6.07 Å². The van der Waals surface area contributed by atoms with E-state index >= 15 is 0 Å². The molecule has 0 spiro atoms. The van der Waals surface area contributed by atoms with Crippen molar-refractivity contribution < 1.29 is 0 Å². The van der Waals surface area contributed by atoms with Crippen LogP contribution in [0.5, 0.6) is 0 Å². The normalized spacial score (nSPS) is 9.80. The average Bonchev–Trinajstić information content (AvgIpc) is 2.45. The van der Waals surface area contributed by atoms with Gasteiger partial charge in [0.15, 0.2) is 0 Å². The Bertz CT molecular complexity index is 759. The van der Waals surface area contributed by atoms with Crippen molar-refractivity contribution in [3.05, 3.63) is 40.4 Å². The van der Waals surface area contributed by atoms with E-state index in [1.165, 1.54) is 11.8 Å². The molecule has 0 aliphatic carbocycles. The number of benzene rings is 1. The molecule has 0 bridgehead atoms. The van der Waals surface area contributed by atoms with E-state index in [0.29, 0.717) is 26.7 Å². The second-order valence-corrected chi connectivity index (χ2v) is 5.10. The molecule has 2 aromatic rings. The standard InChI is InChI=1S/C14H9ClN4S/c1-20-14-11(7-17)12(10(6-16)13(18)19-14)8-3-2-4-9(15)5-8/h2-5H,1H3,(H2,18,19). The fraction of sp³-hybridized carbons (Fsp3) is 0.0714. The molecule has 0 saturated heterocycles. The predicted octanol–water partition coefficient (Wildman–Crippen LogP) is 3.45. The van der Waals surface area contributed by atoms with Crippen LogP contribution in [-0.2, 0) is 0 Å². The molecule has 6 heteroatoms. The molecule has 1 heterocycles. The molecule has 2 rings (SSSR count). The van der Waals surface area contributed by atoms with Crippen LogP contribution < -0.4 is 5.73 Å². The maximum Gasteiger partial charge on any atom is 0.143 e. The topological polar surface area (TPSA) is 86.5 Å². The van der Waals surface area contributed by atoms with Gasteiger partial charge in [-0.05, 0) is 24.0 Å². The first kappa shape index (κ1) is 14.2. The van der Waals surface area contributed by atoms with Gasteiger partial charge in [0.05, 0.1) is 5.56 Å². The molecule has 0 aliphatic rings. The second-order valence-electron chi connectivity index (χ2n) is 3.87. The Hall–Kier alpha value is -2.21. The van der Waals surface area contributed by atoms with Crippen LogP contribution in [0.1, 0.15) is 11.1 Å². The monoisotopic (exact) mass is 300 g/mol. The predicted molar refractivity (Wildman–Crippen MR) is 80.3 cm³/mol. The first-order valence-corrected chi connectivity index (χ1v) is 7.16. The minimum Gasteiger partial charge on any atom is -0.383 e. The zero-order valence-electron chi connectivity index (χ0n) is 10.5. The van der Waals surface area contributed by atoms with Crippen molar-refractivity contribution in [3.63, 3.8) is 0 Å². The van der Waals surface area contributed by atoms with Crippen molar-refractivity contribution >= 4 is 29.2 Å². The Morgan fingerprint density at radius 1 is 1.25 bits per heavy atom. The van der Waals surface area contributed by atoms with Crippen molar-refractivity contribution in [1.82, 2.24) is 4.98 Å². The highest BCUT2D eigenvalue weighted by Crippen LogP contribution is 2.35. The largest absolute Gasteiger partial charge is 0.383 e. The van der Waals surface area contributed by atoms with Crippen LogP contribution >= 0.6 is 23.4 Å². The Morgan fingerprint density at radius 2 is 1.95 bits per heavy atom. The summed E-state index contributed by atoms with van der Waals surface area (Å²) >= 11 is 7.29. The SMILES string of the molecule is CSc1nc(N)c(C#N)c(-c2cccc(Cl)c2)c1C#N. The van der Waals surface area contributed by atoms with E-state index in [-0.39, 0.29) is 11.4 Å². The van der Waals surface area contributed by atoms with Gasteiger partial charge in [-0.1, -0.05) is 23.7 Å². The van der Waals surface area contributed by atoms with Gasteiger partial charge in [0.25, 0.3) is 0 Å². The highest BCUT2D eigenvalue weighted by molar-refractivity contribution is 7.98. The third-order valence-corrected chi connectivity index (χ3v) is 3.64. The summed E-state index contributed by atoms with van der Waals surface area (Å²) in [6.07, 6.45) is 1.80. The number of rotatable bonds is 2. The Labute approximate surface area is 125 Å². The van der Waals surface area contributed by atoms with Gasteiger partial charge in [0.1, 0.15) is 28.5 Å². The van der Waals surface area contributed by atoms with Crippen LogP contribution in [0, 0.1) is 22.7 Å². The number of hydrogen-bond donors (Lipinski definition) is 1. The van der Waals surface area contributed by atoms with Gasteiger partial charge >= 0.3 is 0 Å². The van der Waals surface area contributed by atoms with Crippen molar-refractivity contribution in [2.45, 2.75) is 5.03 Å². The van der Waals surface area contributed by atoms with Gasteiger partial charge < -0.3 is 5.73 Å². The molecule has 0 saturated carbocycles. The number of thioether (sulfide) groups is 1. The molecule has 1 aromatic heterocycles. The van der Waals surface area contributed by atoms with E-state index < -0.39 is 0 Å². The number of pyridine rings is 1. The fourth-order valence-corrected chi connectivity index (χ4v) is 2.61. The van der Waals surface area contributed by atoms with Crippen LogP contribution in [0.25, 0.3) is 11.1 Å². The van der Waals surface area contributed by atoms with Gasteiger partial charge in [-0.25, -0.2) is 4.98 Å². The minimum atomic E-state index is 0.117. The number of nitrogens with two attached hydrogens (primary N) is 1. The number of hydrogen-bond acceptors (Lipinski definition) is 5. The van der Waals surface area contributed by atoms with Crippen molar-refractivity contribution in [2.75, 3.05) is 12.0 Å². The Morgan fingerprint density at radius 3 is 2.50 bits per heavy atom. The van der Waals surface area contributed by atoms with E-state index in [9.17, 15) is 10.5 Å². The lowest BCUT2D eigenvalue weighted by Crippen LogP contribution is -2.03. The number of anilines is 1. The summed E-state index contributed by atoms with van der Waals surface area (Å²) in [6.45, 7) is 0. The molecule has 0 radical (unpaired) electrons. The molecule has 20 heavy (non-hydrogen) atoms. The Kier molecular flexibility index (Phi) is 4.14. The lowest BCUT2D eigenvalue weighted by molar-refractivity contribution is 1.12. The highest BCUT2D eigenvalue weighted by Gasteiger charge is 2.19. The zero-order chi connectivity index (χ0) is 14.7. The van der Waals surface area contributed by atoms with Crippen LogP contribution in [0.15, 0.2) is 29.3 Å². The zero-order valence-corrected chi connectivity index (χ0v) is 12.1. The first-order valence-electron chi connectivity index (χ1n) is 5.56. The summed E-state index contributed by atoms with van der Waals surface area (Å²) < 4.78 is 0. The van der Waals surface area contributed by atoms with E-state index in [2.05, 4.69) is 11.1 Å². The molecule has 0 amide bonds. The summed E-state index contributed by atoms with van der Waals surface area (Å²) in [5.74, 6) is 0.117. The summed E-state index contributed by atoms with van der Waals surface area (Å²) in [6, 6.07) is 11.1. The lowest BCUT2D eigenvalue weighted by atomic mass is 9.97. The van der Waals surface area contributed by atoms with Crippen LogP contribution in [-0.4, -0.2) is 11.2 Å². The molecule has 0 aliphatic heterocycles. The third kappa shape index (κ3) is 2.42. The number of nitrogen functional groups attached to an aromatic ring is 1. The van der Waals surface area contributed by atoms with Crippen LogP contribution in [0.2, 0.25) is 5.02 Å². The third-order valence-electron chi connectivity index (χ3n) is 2.72. The van der Waals surface area contributed by atoms with Crippen molar-refractivity contribution in [2.24, 2.45) is 0 Å². The molecule has 2 N–H and O–H groups in total. The van der Waals surface area contributed by atoms with Gasteiger partial charge in [-0.3, -0.25) is 0 Å². The maximum atomic E-state index is 9.39. The average molecular weight is 301 g/mol. The molecule has 0 atom stereocenters. The second kappa shape index (κ2) is 5.83. The number of nitriles is 2. The summed E-state index contributed by atoms with van der Waals surface area (Å²) in [5, 5.41) is 19.7. The Balaban J connectivity index is 2.90. The first-order chi connectivity index (χ1) is 9.62. The summed E-state index contributed by atoms with van der Waals surface area (Å²) in [7, 11) is 0. The van der Waals surface area contributed by atoms with Crippen molar-refractivity contribution in [3.8, 4) is 23.3 Å². The van der Waals surface area contributed by atoms with Gasteiger partial charge in [0, 0.05) is 10.6 Å². The quantitative estimate of drug-likeness (QED) is 0.858. The lowest BCUT2D eigenvalue weighted by Gasteiger charge is -2.12. The number of aromatic nitrogens is 1. The molecule has 0 unspecified atom stereocenters. The number of halogens is 1. The minimum absolute atomic E-state index is 0.117. The van der Waals surface area contributed by atoms with Gasteiger partial charge in [0.2, 0.25) is 0 Å². The van der Waals surface area contributed by atoms with Gasteiger partial charge in [-0.15, -0.1) is 11.8 Å². The molecule has 98 valence electrons. The highest BCUT2D eigenvalue weighted by atomic mass is 35.5. The smallest absolute Gasteiger partial charge is 0.143 e. The summed E-state index contributed by atoms with van der Waals surface area (Å²) in [4.78, 5) is 4.10. The van der Waals surface area contributed by atoms with E-state index in [4.69, 9.17) is 17.3 Å². The molecule has 1 aromatic carbocycles. The molecular formula is C14H9ClN4S. The van der Waals surface area contributed by atoms with Crippen LogP contribution in [0.4, 0.5) is 5.82 Å². The van der Waals surface area contributed by atoms with E-state index in [1.54, 1.807) is 30.5 Å². The molecule has 4 nitrogen and oxygen atoms in total. The summed E-state index contributed by atoms with van der Waals surface area (Å²) in [5.41, 5.74) is 7.51.